The van der Waals surface area contributed by atoms with E-state index in [4.69, 9.17) is 14.2 Å². The Morgan fingerprint density at radius 3 is 2.09 bits per heavy atom. The first-order valence-electron chi connectivity index (χ1n) is 7.04. The fourth-order valence-corrected chi connectivity index (χ4v) is 3.07. The van der Waals surface area contributed by atoms with E-state index in [1.807, 2.05) is 6.92 Å². The average molecular weight is 308 g/mol. The van der Waals surface area contributed by atoms with Crippen LogP contribution in [0.15, 0.2) is 22.3 Å². The number of Topliss-reactive ketones (excluding diaryl/α,β-unsaturated/α-hetero) is 1. The molecule has 1 aliphatic heterocycles. The lowest BCUT2D eigenvalue weighted by atomic mass is 9.85. The largest absolute Gasteiger partial charge is 0.468 e. The average Bonchev–Trinajstić information content (AvgIpc) is 2.93. The Kier molecular flexibility index (Phi) is 4.51. The van der Waals surface area contributed by atoms with Gasteiger partial charge in [-0.15, -0.1) is 0 Å². The van der Waals surface area contributed by atoms with Crippen LogP contribution in [0.2, 0.25) is 0 Å². The highest BCUT2D eigenvalue weighted by molar-refractivity contribution is 6.04. The van der Waals surface area contributed by atoms with Crippen LogP contribution in [0, 0.1) is 5.41 Å². The Bertz CT molecular complexity index is 580. The fourth-order valence-electron chi connectivity index (χ4n) is 3.07. The molecule has 22 heavy (non-hydrogen) atoms. The molecule has 0 unspecified atom stereocenters. The number of allylic oxidation sites excluding steroid dienone is 2. The molecular formula is C16H20O6. The predicted molar refractivity (Wildman–Crippen MR) is 76.9 cm³/mol. The number of esters is 2. The Morgan fingerprint density at radius 2 is 1.55 bits per heavy atom. The van der Waals surface area contributed by atoms with Crippen LogP contribution in [0.25, 0.3) is 0 Å². The van der Waals surface area contributed by atoms with Crippen molar-refractivity contribution in [2.45, 2.75) is 26.7 Å². The van der Waals surface area contributed by atoms with Gasteiger partial charge in [-0.3, -0.25) is 14.4 Å². The van der Waals surface area contributed by atoms with E-state index in [-0.39, 0.29) is 25.2 Å². The number of rotatable bonds is 2. The van der Waals surface area contributed by atoms with E-state index < -0.39 is 17.4 Å². The molecule has 0 atom stereocenters. The minimum atomic E-state index is -1.42. The fraction of sp³-hybridized carbons (Fsp3) is 0.562. The van der Waals surface area contributed by atoms with Crippen molar-refractivity contribution in [1.29, 1.82) is 0 Å². The molecule has 2 rings (SSSR count). The van der Waals surface area contributed by atoms with Gasteiger partial charge in [0.1, 0.15) is 6.61 Å². The lowest BCUT2D eigenvalue weighted by Crippen LogP contribution is -2.38. The highest BCUT2D eigenvalue weighted by Gasteiger charge is 2.54. The smallest absolute Gasteiger partial charge is 0.323 e. The van der Waals surface area contributed by atoms with Crippen molar-refractivity contribution in [1.82, 2.24) is 0 Å². The van der Waals surface area contributed by atoms with Crippen molar-refractivity contribution in [3.8, 4) is 0 Å². The summed E-state index contributed by atoms with van der Waals surface area (Å²) in [5.74, 6) is -1.41. The molecule has 0 aromatic rings. The van der Waals surface area contributed by atoms with Crippen LogP contribution >= 0.6 is 0 Å². The van der Waals surface area contributed by atoms with Crippen LogP contribution in [-0.4, -0.2) is 45.2 Å². The van der Waals surface area contributed by atoms with E-state index in [1.54, 1.807) is 6.92 Å². The van der Waals surface area contributed by atoms with Crippen LogP contribution < -0.4 is 0 Å². The zero-order valence-electron chi connectivity index (χ0n) is 13.3. The number of methoxy groups -OCH3 is 2. The monoisotopic (exact) mass is 308 g/mol. The minimum Gasteiger partial charge on any atom is -0.468 e. The number of carbonyl (C=O) groups is 3. The number of fused-ring (bicyclic) bond motifs is 1. The molecule has 6 nitrogen and oxygen atoms in total. The maximum absolute atomic E-state index is 12.3. The predicted octanol–water partition coefficient (Wildman–Crippen LogP) is 1.34. The third-order valence-corrected chi connectivity index (χ3v) is 4.41. The number of hydrogen-bond acceptors (Lipinski definition) is 6. The molecule has 0 amide bonds. The van der Waals surface area contributed by atoms with Crippen LogP contribution in [0.3, 0.4) is 0 Å². The second-order valence-corrected chi connectivity index (χ2v) is 5.70. The van der Waals surface area contributed by atoms with Gasteiger partial charge in [-0.1, -0.05) is 0 Å². The summed E-state index contributed by atoms with van der Waals surface area (Å²) in [7, 11) is 2.48. The van der Waals surface area contributed by atoms with Crippen molar-refractivity contribution in [2.24, 2.45) is 5.41 Å². The zero-order valence-corrected chi connectivity index (χ0v) is 13.3. The van der Waals surface area contributed by atoms with Gasteiger partial charge in [0, 0.05) is 6.42 Å². The third-order valence-electron chi connectivity index (χ3n) is 4.41. The van der Waals surface area contributed by atoms with Gasteiger partial charge in [0.05, 0.1) is 20.8 Å². The van der Waals surface area contributed by atoms with Crippen molar-refractivity contribution >= 4 is 17.7 Å². The molecule has 1 fully saturated rings. The molecule has 1 heterocycles. The van der Waals surface area contributed by atoms with E-state index in [9.17, 15) is 14.4 Å². The van der Waals surface area contributed by atoms with Crippen LogP contribution in [0.4, 0.5) is 0 Å². The first-order chi connectivity index (χ1) is 10.4. The van der Waals surface area contributed by atoms with Gasteiger partial charge < -0.3 is 14.2 Å². The molecule has 6 heteroatoms. The second kappa shape index (κ2) is 6.04. The van der Waals surface area contributed by atoms with Gasteiger partial charge in [0.25, 0.3) is 0 Å². The standard InChI is InChI=1S/C16H20O6/c1-9-7-22-8-13(17)10(2)12-6-16(5-11(9)12,14(18)20-3)15(19)21-4/h5-8H2,1-4H3. The number of ketones is 1. The van der Waals surface area contributed by atoms with Crippen LogP contribution in [0.1, 0.15) is 26.7 Å². The lowest BCUT2D eigenvalue weighted by Gasteiger charge is -2.22. The first kappa shape index (κ1) is 16.4. The van der Waals surface area contributed by atoms with Gasteiger partial charge in [-0.05, 0) is 42.6 Å². The number of hydrogen-bond donors (Lipinski definition) is 0. The molecule has 0 aromatic heterocycles. The van der Waals surface area contributed by atoms with Gasteiger partial charge in [-0.25, -0.2) is 0 Å². The molecule has 0 bridgehead atoms. The van der Waals surface area contributed by atoms with Crippen LogP contribution in [-0.2, 0) is 28.6 Å². The van der Waals surface area contributed by atoms with E-state index in [1.165, 1.54) is 14.2 Å². The molecule has 1 aliphatic carbocycles. The normalized spacial score (nSPS) is 21.2. The molecule has 2 aliphatic rings. The SMILES string of the molecule is COC(=O)C1(C(=O)OC)CC2=C(C)COCC(=O)C(C)=C2C1. The number of ether oxygens (including phenoxy) is 3. The number of carbonyl (C=O) groups excluding carboxylic acids is 3. The van der Waals surface area contributed by atoms with Crippen molar-refractivity contribution in [3.63, 3.8) is 0 Å². The summed E-state index contributed by atoms with van der Waals surface area (Å²) in [5.41, 5.74) is 1.59. The molecule has 0 saturated heterocycles. The molecule has 0 spiro atoms. The van der Waals surface area contributed by atoms with E-state index in [2.05, 4.69) is 0 Å². The van der Waals surface area contributed by atoms with Crippen LogP contribution in [0.5, 0.6) is 0 Å². The summed E-state index contributed by atoms with van der Waals surface area (Å²) in [6.45, 7) is 3.88. The molecule has 0 radical (unpaired) electrons. The molecule has 0 aromatic carbocycles. The Morgan fingerprint density at radius 1 is 1.00 bits per heavy atom. The maximum Gasteiger partial charge on any atom is 0.323 e. The lowest BCUT2D eigenvalue weighted by molar-refractivity contribution is -0.168. The third kappa shape index (κ3) is 2.47. The van der Waals surface area contributed by atoms with Crippen molar-refractivity contribution in [3.05, 3.63) is 22.3 Å². The molecular weight excluding hydrogens is 288 g/mol. The van der Waals surface area contributed by atoms with Gasteiger partial charge >= 0.3 is 11.9 Å². The van der Waals surface area contributed by atoms with Gasteiger partial charge in [-0.2, -0.15) is 0 Å². The first-order valence-corrected chi connectivity index (χ1v) is 7.04. The maximum atomic E-state index is 12.3. The second-order valence-electron chi connectivity index (χ2n) is 5.70. The summed E-state index contributed by atoms with van der Waals surface area (Å²) in [6.07, 6.45) is 0.290. The van der Waals surface area contributed by atoms with E-state index in [0.29, 0.717) is 12.2 Å². The summed E-state index contributed by atoms with van der Waals surface area (Å²) in [6, 6.07) is 0. The van der Waals surface area contributed by atoms with E-state index >= 15 is 0 Å². The minimum absolute atomic E-state index is 0.00337. The summed E-state index contributed by atoms with van der Waals surface area (Å²) in [4.78, 5) is 36.6. The highest BCUT2D eigenvalue weighted by atomic mass is 16.5. The Balaban J connectivity index is 2.61. The van der Waals surface area contributed by atoms with Crippen molar-refractivity contribution < 1.29 is 28.6 Å². The summed E-state index contributed by atoms with van der Waals surface area (Å²) in [5, 5.41) is 0. The summed E-state index contributed by atoms with van der Waals surface area (Å²) >= 11 is 0. The highest BCUT2D eigenvalue weighted by Crippen LogP contribution is 2.49. The quantitative estimate of drug-likeness (QED) is 0.566. The Labute approximate surface area is 129 Å². The molecule has 0 N–H and O–H groups in total. The van der Waals surface area contributed by atoms with Gasteiger partial charge in [0.2, 0.25) is 0 Å². The summed E-state index contributed by atoms with van der Waals surface area (Å²) < 4.78 is 15.0. The molecule has 120 valence electrons. The topological polar surface area (TPSA) is 78.9 Å². The molecule has 1 saturated carbocycles. The van der Waals surface area contributed by atoms with Gasteiger partial charge in [0.15, 0.2) is 11.2 Å². The Hall–Kier alpha value is -1.95. The van der Waals surface area contributed by atoms with E-state index in [0.717, 1.165) is 16.7 Å². The van der Waals surface area contributed by atoms with Crippen molar-refractivity contribution in [2.75, 3.05) is 27.4 Å². The zero-order chi connectivity index (χ0) is 16.5.